The molecule has 0 aliphatic rings. The largest absolute Gasteiger partial charge is 0.497 e. The zero-order valence-corrected chi connectivity index (χ0v) is 23.9. The molecule has 0 aliphatic heterocycles. The number of methoxy groups -OCH3 is 1. The van der Waals surface area contributed by atoms with Gasteiger partial charge in [-0.15, -0.1) is 0 Å². The van der Waals surface area contributed by atoms with E-state index in [0.29, 0.717) is 22.9 Å². The Morgan fingerprint density at radius 1 is 0.949 bits per heavy atom. The summed E-state index contributed by atoms with van der Waals surface area (Å²) in [7, 11) is -0.510. The van der Waals surface area contributed by atoms with E-state index in [0.717, 1.165) is 17.4 Å². The smallest absolute Gasteiger partial charge is 0.242 e. The lowest BCUT2D eigenvalue weighted by molar-refractivity contribution is -0.141. The van der Waals surface area contributed by atoms with Crippen molar-refractivity contribution in [3.63, 3.8) is 0 Å². The van der Waals surface area contributed by atoms with Crippen LogP contribution in [0.3, 0.4) is 0 Å². The lowest BCUT2D eigenvalue weighted by Gasteiger charge is -2.31. The van der Waals surface area contributed by atoms with Gasteiger partial charge >= 0.3 is 0 Å². The summed E-state index contributed by atoms with van der Waals surface area (Å²) in [5.41, 5.74) is 2.23. The third-order valence-corrected chi connectivity index (χ3v) is 7.74. The molecule has 8 nitrogen and oxygen atoms in total. The maximum absolute atomic E-state index is 13.7. The van der Waals surface area contributed by atoms with Crippen LogP contribution in [0.2, 0.25) is 5.02 Å². The van der Waals surface area contributed by atoms with Gasteiger partial charge in [0, 0.05) is 38.0 Å². The van der Waals surface area contributed by atoms with Crippen molar-refractivity contribution in [1.29, 1.82) is 0 Å². The molecule has 2 amide bonds. The molecule has 1 N–H and O–H groups in total. The minimum Gasteiger partial charge on any atom is -0.497 e. The highest BCUT2D eigenvalue weighted by Gasteiger charge is 2.30. The molecule has 39 heavy (non-hydrogen) atoms. The van der Waals surface area contributed by atoms with Crippen LogP contribution in [0.5, 0.6) is 5.75 Å². The number of halogens is 1. The predicted octanol–water partition coefficient (Wildman–Crippen LogP) is 4.28. The molecule has 3 aromatic rings. The summed E-state index contributed by atoms with van der Waals surface area (Å²) in [6, 6.07) is 22.6. The fourth-order valence-electron chi connectivity index (χ4n) is 4.26. The Kier molecular flexibility index (Phi) is 10.8. The van der Waals surface area contributed by atoms with Gasteiger partial charge < -0.3 is 15.0 Å². The highest BCUT2D eigenvalue weighted by molar-refractivity contribution is 7.92. The summed E-state index contributed by atoms with van der Waals surface area (Å²) in [6.45, 7) is 0.310. The number of amides is 2. The van der Waals surface area contributed by atoms with Crippen LogP contribution in [0.1, 0.15) is 24.0 Å². The third-order valence-electron chi connectivity index (χ3n) is 6.30. The van der Waals surface area contributed by atoms with E-state index < -0.39 is 16.1 Å². The topological polar surface area (TPSA) is 96.0 Å². The van der Waals surface area contributed by atoms with Gasteiger partial charge in [-0.3, -0.25) is 13.9 Å². The van der Waals surface area contributed by atoms with Crippen LogP contribution in [0.25, 0.3) is 0 Å². The van der Waals surface area contributed by atoms with E-state index >= 15 is 0 Å². The van der Waals surface area contributed by atoms with Crippen molar-refractivity contribution in [3.8, 4) is 5.75 Å². The number of carbonyl (C=O) groups excluding carboxylic acids is 2. The molecule has 208 valence electrons. The fraction of sp³-hybridized carbons (Fsp3) is 0.310. The van der Waals surface area contributed by atoms with Crippen LogP contribution in [0.15, 0.2) is 78.9 Å². The van der Waals surface area contributed by atoms with E-state index in [2.05, 4.69) is 5.32 Å². The van der Waals surface area contributed by atoms with Crippen LogP contribution in [0, 0.1) is 0 Å². The Bertz CT molecular complexity index is 1330. The third kappa shape index (κ3) is 8.73. The van der Waals surface area contributed by atoms with E-state index in [9.17, 15) is 18.0 Å². The summed E-state index contributed by atoms with van der Waals surface area (Å²) < 4.78 is 31.5. The van der Waals surface area contributed by atoms with Crippen molar-refractivity contribution in [2.75, 3.05) is 31.3 Å². The zero-order valence-electron chi connectivity index (χ0n) is 22.3. The Morgan fingerprint density at radius 2 is 1.59 bits per heavy atom. The van der Waals surface area contributed by atoms with Crippen LogP contribution in [-0.4, -0.2) is 58.1 Å². The summed E-state index contributed by atoms with van der Waals surface area (Å²) in [5.74, 6) is 0.0775. The molecular weight excluding hydrogens is 538 g/mol. The molecule has 10 heteroatoms. The lowest BCUT2D eigenvalue weighted by Crippen LogP contribution is -2.49. The summed E-state index contributed by atoms with van der Waals surface area (Å²) in [4.78, 5) is 28.2. The molecule has 0 bridgehead atoms. The van der Waals surface area contributed by atoms with Crippen molar-refractivity contribution in [1.82, 2.24) is 10.2 Å². The Labute approximate surface area is 235 Å². The minimum absolute atomic E-state index is 0.0536. The molecule has 0 unspecified atom stereocenters. The average molecular weight is 572 g/mol. The number of sulfonamides is 1. The van der Waals surface area contributed by atoms with Gasteiger partial charge in [0.25, 0.3) is 0 Å². The molecule has 0 fully saturated rings. The molecule has 0 saturated heterocycles. The number of hydrogen-bond donors (Lipinski definition) is 1. The summed E-state index contributed by atoms with van der Waals surface area (Å²) in [5, 5.41) is 3.26. The molecule has 0 heterocycles. The molecule has 0 radical (unpaired) electrons. The number of likely N-dealkylation sites (N-methyl/N-ethyl adjacent to an activating group) is 1. The Balaban J connectivity index is 1.82. The SMILES string of the molecule is CNC(=O)[C@@H](Cc1ccccc1)N(Cc1ccc(Cl)cc1)C(=O)CCCN(c1ccc(OC)cc1)S(C)(=O)=O. The van der Waals surface area contributed by atoms with Crippen molar-refractivity contribution in [2.45, 2.75) is 31.8 Å². The molecule has 0 spiro atoms. The number of nitrogens with zero attached hydrogens (tertiary/aromatic N) is 2. The van der Waals surface area contributed by atoms with Gasteiger partial charge in [-0.2, -0.15) is 0 Å². The monoisotopic (exact) mass is 571 g/mol. The lowest BCUT2D eigenvalue weighted by atomic mass is 10.0. The van der Waals surface area contributed by atoms with Gasteiger partial charge in [0.15, 0.2) is 0 Å². The Hall–Kier alpha value is -3.56. The number of anilines is 1. The quantitative estimate of drug-likeness (QED) is 0.330. The second-order valence-electron chi connectivity index (χ2n) is 9.10. The molecule has 0 aliphatic carbocycles. The van der Waals surface area contributed by atoms with Crippen molar-refractivity contribution < 1.29 is 22.7 Å². The van der Waals surface area contributed by atoms with E-state index in [4.69, 9.17) is 16.3 Å². The van der Waals surface area contributed by atoms with Crippen LogP contribution in [-0.2, 0) is 32.6 Å². The normalized spacial score (nSPS) is 11.9. The van der Waals surface area contributed by atoms with Crippen LogP contribution >= 0.6 is 11.6 Å². The van der Waals surface area contributed by atoms with Gasteiger partial charge in [0.05, 0.1) is 19.1 Å². The first kappa shape index (κ1) is 30.0. The van der Waals surface area contributed by atoms with E-state index in [1.807, 2.05) is 42.5 Å². The van der Waals surface area contributed by atoms with Gasteiger partial charge in [-0.05, 0) is 53.9 Å². The van der Waals surface area contributed by atoms with Crippen molar-refractivity contribution in [3.05, 3.63) is 95.0 Å². The fourth-order valence-corrected chi connectivity index (χ4v) is 5.35. The number of nitrogens with one attached hydrogen (secondary N) is 1. The van der Waals surface area contributed by atoms with Crippen LogP contribution < -0.4 is 14.4 Å². The molecular formula is C29H34ClN3O5S. The second-order valence-corrected chi connectivity index (χ2v) is 11.4. The van der Waals surface area contributed by atoms with E-state index in [-0.39, 0.29) is 37.7 Å². The summed E-state index contributed by atoms with van der Waals surface area (Å²) >= 11 is 6.05. The average Bonchev–Trinajstić information content (AvgIpc) is 2.93. The molecule has 1 atom stereocenters. The standard InChI is InChI=1S/C29H34ClN3O5S/c1-31-29(35)27(20-22-8-5-4-6-9-22)32(21-23-11-13-24(30)14-12-23)28(34)10-7-19-33(39(3,36)37)25-15-17-26(38-2)18-16-25/h4-6,8-9,11-18,27H,7,10,19-21H2,1-3H3,(H,31,35)/t27-/m1/s1. The number of benzene rings is 3. The first-order valence-corrected chi connectivity index (χ1v) is 14.8. The number of rotatable bonds is 13. The minimum atomic E-state index is -3.59. The Morgan fingerprint density at radius 3 is 2.15 bits per heavy atom. The highest BCUT2D eigenvalue weighted by atomic mass is 35.5. The number of carbonyl (C=O) groups is 2. The van der Waals surface area contributed by atoms with Gasteiger partial charge in [0.1, 0.15) is 11.8 Å². The van der Waals surface area contributed by atoms with Crippen molar-refractivity contribution >= 4 is 39.1 Å². The second kappa shape index (κ2) is 14.0. The first-order chi connectivity index (χ1) is 18.6. The van der Waals surface area contributed by atoms with E-state index in [1.54, 1.807) is 48.3 Å². The molecule has 3 rings (SSSR count). The number of ether oxygens (including phenoxy) is 1. The van der Waals surface area contributed by atoms with Gasteiger partial charge in [-0.1, -0.05) is 54.1 Å². The number of hydrogen-bond acceptors (Lipinski definition) is 5. The maximum Gasteiger partial charge on any atom is 0.242 e. The van der Waals surface area contributed by atoms with Gasteiger partial charge in [-0.25, -0.2) is 8.42 Å². The zero-order chi connectivity index (χ0) is 28.4. The summed E-state index contributed by atoms with van der Waals surface area (Å²) in [6.07, 6.45) is 1.79. The highest BCUT2D eigenvalue weighted by Crippen LogP contribution is 2.23. The molecule has 0 aromatic heterocycles. The molecule has 0 saturated carbocycles. The van der Waals surface area contributed by atoms with Crippen LogP contribution in [0.4, 0.5) is 5.69 Å². The molecule has 3 aromatic carbocycles. The maximum atomic E-state index is 13.7. The predicted molar refractivity (Wildman–Crippen MR) is 154 cm³/mol. The van der Waals surface area contributed by atoms with E-state index in [1.165, 1.54) is 11.4 Å². The van der Waals surface area contributed by atoms with Gasteiger partial charge in [0.2, 0.25) is 21.8 Å². The first-order valence-electron chi connectivity index (χ1n) is 12.5. The van der Waals surface area contributed by atoms with Crippen molar-refractivity contribution in [2.24, 2.45) is 0 Å².